The standard InChI is InChI=1S/C19H18FNO/c20-16-5-7-17(8-6-16)21-18-4-2-1-3-15(18)13-19(21)14-9-11-22-12-10-14/h1-8,13-14H,9-12H2. The molecule has 0 spiro atoms. The van der Waals surface area contributed by atoms with E-state index in [0.717, 1.165) is 31.7 Å². The Morgan fingerprint density at radius 1 is 0.955 bits per heavy atom. The second kappa shape index (κ2) is 5.58. The van der Waals surface area contributed by atoms with Crippen LogP contribution in [0.5, 0.6) is 0 Å². The quantitative estimate of drug-likeness (QED) is 0.670. The molecule has 2 aromatic carbocycles. The zero-order chi connectivity index (χ0) is 14.9. The molecule has 0 radical (unpaired) electrons. The van der Waals surface area contributed by atoms with Gasteiger partial charge < -0.3 is 9.30 Å². The maximum atomic E-state index is 13.3. The molecule has 112 valence electrons. The van der Waals surface area contributed by atoms with Gasteiger partial charge in [0.05, 0.1) is 5.52 Å². The molecule has 2 heterocycles. The molecule has 0 aliphatic carbocycles. The van der Waals surface area contributed by atoms with Crippen LogP contribution in [-0.4, -0.2) is 17.8 Å². The van der Waals surface area contributed by atoms with E-state index >= 15 is 0 Å². The van der Waals surface area contributed by atoms with Crippen molar-refractivity contribution in [1.29, 1.82) is 0 Å². The van der Waals surface area contributed by atoms with E-state index in [1.54, 1.807) is 0 Å². The van der Waals surface area contributed by atoms with Gasteiger partial charge in [0.1, 0.15) is 5.82 Å². The Labute approximate surface area is 129 Å². The van der Waals surface area contributed by atoms with E-state index in [2.05, 4.69) is 34.9 Å². The first kappa shape index (κ1) is 13.5. The number of ether oxygens (including phenoxy) is 1. The van der Waals surface area contributed by atoms with E-state index in [9.17, 15) is 4.39 Å². The number of nitrogens with zero attached hydrogens (tertiary/aromatic N) is 1. The zero-order valence-corrected chi connectivity index (χ0v) is 12.3. The van der Waals surface area contributed by atoms with Crippen LogP contribution >= 0.6 is 0 Å². The van der Waals surface area contributed by atoms with Crippen molar-refractivity contribution < 1.29 is 9.13 Å². The lowest BCUT2D eigenvalue weighted by molar-refractivity contribution is 0.0842. The number of benzene rings is 2. The van der Waals surface area contributed by atoms with Gasteiger partial charge in [-0.05, 0) is 49.2 Å². The number of hydrogen-bond donors (Lipinski definition) is 0. The highest BCUT2D eigenvalue weighted by Gasteiger charge is 2.21. The maximum absolute atomic E-state index is 13.3. The molecule has 2 nitrogen and oxygen atoms in total. The number of rotatable bonds is 2. The Kier molecular flexibility index (Phi) is 3.43. The molecular weight excluding hydrogens is 277 g/mol. The van der Waals surface area contributed by atoms with E-state index < -0.39 is 0 Å². The molecule has 0 unspecified atom stereocenters. The number of halogens is 1. The van der Waals surface area contributed by atoms with Crippen molar-refractivity contribution in [2.75, 3.05) is 13.2 Å². The highest BCUT2D eigenvalue weighted by atomic mass is 19.1. The highest BCUT2D eigenvalue weighted by Crippen LogP contribution is 2.34. The molecule has 22 heavy (non-hydrogen) atoms. The smallest absolute Gasteiger partial charge is 0.123 e. The van der Waals surface area contributed by atoms with Gasteiger partial charge in [0, 0.05) is 35.9 Å². The Balaban J connectivity index is 1.91. The normalized spacial score (nSPS) is 16.2. The molecule has 1 aliphatic rings. The van der Waals surface area contributed by atoms with Crippen LogP contribution in [0.15, 0.2) is 54.6 Å². The minimum Gasteiger partial charge on any atom is -0.381 e. The predicted octanol–water partition coefficient (Wildman–Crippen LogP) is 4.66. The minimum absolute atomic E-state index is 0.201. The molecule has 0 atom stereocenters. The first-order chi connectivity index (χ1) is 10.8. The van der Waals surface area contributed by atoms with Crippen LogP contribution in [0, 0.1) is 5.82 Å². The van der Waals surface area contributed by atoms with Crippen molar-refractivity contribution in [2.45, 2.75) is 18.8 Å². The lowest BCUT2D eigenvalue weighted by atomic mass is 9.96. The van der Waals surface area contributed by atoms with Gasteiger partial charge >= 0.3 is 0 Å². The molecule has 1 saturated heterocycles. The van der Waals surface area contributed by atoms with Gasteiger partial charge in [-0.25, -0.2) is 4.39 Å². The van der Waals surface area contributed by atoms with Crippen LogP contribution in [0.25, 0.3) is 16.6 Å². The SMILES string of the molecule is Fc1ccc(-n2c(C3CCOCC3)cc3ccccc32)cc1. The lowest BCUT2D eigenvalue weighted by Crippen LogP contribution is -2.16. The fourth-order valence-electron chi connectivity index (χ4n) is 3.35. The Bertz CT molecular complexity index is 785. The number of para-hydroxylation sites is 1. The van der Waals surface area contributed by atoms with Crippen molar-refractivity contribution >= 4 is 10.9 Å². The topological polar surface area (TPSA) is 14.2 Å². The molecule has 4 rings (SSSR count). The summed E-state index contributed by atoms with van der Waals surface area (Å²) in [5, 5.41) is 1.23. The Morgan fingerprint density at radius 2 is 1.68 bits per heavy atom. The number of hydrogen-bond acceptors (Lipinski definition) is 1. The maximum Gasteiger partial charge on any atom is 0.123 e. The third kappa shape index (κ3) is 2.32. The molecule has 0 N–H and O–H groups in total. The molecule has 3 heteroatoms. The van der Waals surface area contributed by atoms with Crippen LogP contribution in [0.1, 0.15) is 24.5 Å². The molecule has 0 bridgehead atoms. The minimum atomic E-state index is -0.201. The molecule has 0 amide bonds. The fourth-order valence-corrected chi connectivity index (χ4v) is 3.35. The Morgan fingerprint density at radius 3 is 2.45 bits per heavy atom. The van der Waals surface area contributed by atoms with Gasteiger partial charge in [-0.2, -0.15) is 0 Å². The third-order valence-corrected chi connectivity index (χ3v) is 4.46. The van der Waals surface area contributed by atoms with E-state index in [0.29, 0.717) is 5.92 Å². The van der Waals surface area contributed by atoms with Crippen LogP contribution in [0.4, 0.5) is 4.39 Å². The molecule has 0 saturated carbocycles. The predicted molar refractivity (Wildman–Crippen MR) is 86.0 cm³/mol. The lowest BCUT2D eigenvalue weighted by Gasteiger charge is -2.24. The second-order valence-corrected chi connectivity index (χ2v) is 5.83. The van der Waals surface area contributed by atoms with Crippen molar-refractivity contribution in [2.24, 2.45) is 0 Å². The molecule has 1 aliphatic heterocycles. The number of fused-ring (bicyclic) bond motifs is 1. The van der Waals surface area contributed by atoms with E-state index in [4.69, 9.17) is 4.74 Å². The van der Waals surface area contributed by atoms with E-state index in [-0.39, 0.29) is 5.82 Å². The molecular formula is C19H18FNO. The van der Waals surface area contributed by atoms with Crippen molar-refractivity contribution in [3.05, 3.63) is 66.1 Å². The molecule has 1 fully saturated rings. The van der Waals surface area contributed by atoms with Gasteiger partial charge in [-0.15, -0.1) is 0 Å². The summed E-state index contributed by atoms with van der Waals surface area (Å²) in [4.78, 5) is 0. The van der Waals surface area contributed by atoms with E-state index in [1.807, 2.05) is 12.1 Å². The second-order valence-electron chi connectivity index (χ2n) is 5.83. The summed E-state index contributed by atoms with van der Waals surface area (Å²) in [6, 6.07) is 17.4. The first-order valence-corrected chi connectivity index (χ1v) is 7.77. The third-order valence-electron chi connectivity index (χ3n) is 4.46. The average Bonchev–Trinajstić information content (AvgIpc) is 2.96. The largest absolute Gasteiger partial charge is 0.381 e. The summed E-state index contributed by atoms with van der Waals surface area (Å²) >= 11 is 0. The van der Waals surface area contributed by atoms with Crippen molar-refractivity contribution in [3.63, 3.8) is 0 Å². The van der Waals surface area contributed by atoms with Crippen LogP contribution < -0.4 is 0 Å². The zero-order valence-electron chi connectivity index (χ0n) is 12.3. The van der Waals surface area contributed by atoms with Crippen LogP contribution in [0.3, 0.4) is 0 Å². The summed E-state index contributed by atoms with van der Waals surface area (Å²) < 4.78 is 21.0. The number of aromatic nitrogens is 1. The molecule has 3 aromatic rings. The van der Waals surface area contributed by atoms with Gasteiger partial charge in [-0.1, -0.05) is 18.2 Å². The monoisotopic (exact) mass is 295 g/mol. The summed E-state index contributed by atoms with van der Waals surface area (Å²) in [7, 11) is 0. The summed E-state index contributed by atoms with van der Waals surface area (Å²) in [5.41, 5.74) is 3.50. The summed E-state index contributed by atoms with van der Waals surface area (Å²) in [6.07, 6.45) is 2.08. The summed E-state index contributed by atoms with van der Waals surface area (Å²) in [6.45, 7) is 1.63. The fraction of sp³-hybridized carbons (Fsp3) is 0.263. The van der Waals surface area contributed by atoms with Gasteiger partial charge in [0.2, 0.25) is 0 Å². The van der Waals surface area contributed by atoms with Crippen LogP contribution in [-0.2, 0) is 4.74 Å². The Hall–Kier alpha value is -2.13. The van der Waals surface area contributed by atoms with Gasteiger partial charge in [0.15, 0.2) is 0 Å². The van der Waals surface area contributed by atoms with E-state index in [1.165, 1.54) is 28.7 Å². The van der Waals surface area contributed by atoms with Gasteiger partial charge in [0.25, 0.3) is 0 Å². The molecule has 1 aromatic heterocycles. The van der Waals surface area contributed by atoms with Crippen molar-refractivity contribution in [3.8, 4) is 5.69 Å². The highest BCUT2D eigenvalue weighted by molar-refractivity contribution is 5.83. The van der Waals surface area contributed by atoms with Crippen LogP contribution in [0.2, 0.25) is 0 Å². The van der Waals surface area contributed by atoms with Crippen molar-refractivity contribution in [1.82, 2.24) is 4.57 Å². The van der Waals surface area contributed by atoms with Gasteiger partial charge in [-0.3, -0.25) is 0 Å². The average molecular weight is 295 g/mol. The first-order valence-electron chi connectivity index (χ1n) is 7.77. The summed E-state index contributed by atoms with van der Waals surface area (Å²) in [5.74, 6) is 0.291.